The molecule has 1 amide bonds. The third-order valence-electron chi connectivity index (χ3n) is 3.33. The van der Waals surface area contributed by atoms with Gasteiger partial charge in [-0.3, -0.25) is 9.89 Å². The molecule has 0 radical (unpaired) electrons. The van der Waals surface area contributed by atoms with E-state index >= 15 is 0 Å². The van der Waals surface area contributed by atoms with Gasteiger partial charge >= 0.3 is 6.09 Å². The Morgan fingerprint density at radius 1 is 1.50 bits per heavy atom. The fourth-order valence-electron chi connectivity index (χ4n) is 2.29. The van der Waals surface area contributed by atoms with Crippen LogP contribution in [0.5, 0.6) is 0 Å². The maximum Gasteiger partial charge on any atom is 0.410 e. The second-order valence-corrected chi connectivity index (χ2v) is 6.72. The van der Waals surface area contributed by atoms with Crippen molar-refractivity contribution in [3.63, 3.8) is 0 Å². The SMILES string of the molecule is CC1(NC2=NCCN(C(=O)OC(C)(C)C)C2)CCOC1. The van der Waals surface area contributed by atoms with Crippen LogP contribution in [0.15, 0.2) is 4.99 Å². The summed E-state index contributed by atoms with van der Waals surface area (Å²) in [4.78, 5) is 18.2. The number of aliphatic imine (C=N–C) groups is 1. The Balaban J connectivity index is 1.91. The quantitative estimate of drug-likeness (QED) is 0.790. The van der Waals surface area contributed by atoms with Crippen LogP contribution in [-0.2, 0) is 9.47 Å². The highest BCUT2D eigenvalue weighted by molar-refractivity contribution is 5.88. The normalized spacial score (nSPS) is 27.2. The molecule has 2 aliphatic heterocycles. The molecule has 1 N–H and O–H groups in total. The molecule has 6 nitrogen and oxygen atoms in total. The highest BCUT2D eigenvalue weighted by Gasteiger charge is 2.32. The largest absolute Gasteiger partial charge is 0.444 e. The molecule has 1 unspecified atom stereocenters. The molecule has 1 atom stereocenters. The van der Waals surface area contributed by atoms with Crippen molar-refractivity contribution in [3.8, 4) is 0 Å². The number of carbonyl (C=O) groups excluding carboxylic acids is 1. The average Bonchev–Trinajstić information content (AvgIpc) is 2.74. The molecule has 1 saturated heterocycles. The second-order valence-electron chi connectivity index (χ2n) is 6.72. The molecule has 0 aromatic heterocycles. The molecule has 2 rings (SSSR count). The van der Waals surface area contributed by atoms with Gasteiger partial charge < -0.3 is 14.8 Å². The molecule has 1 fully saturated rings. The zero-order chi connectivity index (χ0) is 14.8. The van der Waals surface area contributed by atoms with E-state index in [0.717, 1.165) is 18.9 Å². The summed E-state index contributed by atoms with van der Waals surface area (Å²) in [7, 11) is 0. The van der Waals surface area contributed by atoms with Gasteiger partial charge in [0, 0.05) is 13.2 Å². The standard InChI is InChI=1S/C14H25N3O3/c1-13(2,3)20-12(18)17-7-6-15-11(9-17)16-14(4)5-8-19-10-14/h5-10H2,1-4H3,(H,15,16). The van der Waals surface area contributed by atoms with Crippen LogP contribution >= 0.6 is 0 Å². The number of hydrogen-bond donors (Lipinski definition) is 1. The lowest BCUT2D eigenvalue weighted by Crippen LogP contribution is -2.53. The number of ether oxygens (including phenoxy) is 2. The maximum atomic E-state index is 12.1. The van der Waals surface area contributed by atoms with Crippen LogP contribution in [0.2, 0.25) is 0 Å². The Bertz CT molecular complexity index is 395. The predicted octanol–water partition coefficient (Wildman–Crippen LogP) is 1.40. The summed E-state index contributed by atoms with van der Waals surface area (Å²) in [5.74, 6) is 0.843. The minimum absolute atomic E-state index is 0.0736. The van der Waals surface area contributed by atoms with E-state index in [0.29, 0.717) is 26.2 Å². The monoisotopic (exact) mass is 283 g/mol. The summed E-state index contributed by atoms with van der Waals surface area (Å²) in [6.07, 6.45) is 0.679. The number of rotatable bonds is 1. The van der Waals surface area contributed by atoms with Gasteiger partial charge in [-0.05, 0) is 34.1 Å². The van der Waals surface area contributed by atoms with E-state index in [1.807, 2.05) is 20.8 Å². The van der Waals surface area contributed by atoms with Crippen molar-refractivity contribution >= 4 is 11.9 Å². The van der Waals surface area contributed by atoms with Crippen molar-refractivity contribution < 1.29 is 14.3 Å². The van der Waals surface area contributed by atoms with Crippen LogP contribution < -0.4 is 5.32 Å². The lowest BCUT2D eigenvalue weighted by Gasteiger charge is -2.33. The molecular weight excluding hydrogens is 258 g/mol. The number of hydrogen-bond acceptors (Lipinski definition) is 5. The van der Waals surface area contributed by atoms with Crippen LogP contribution in [0.4, 0.5) is 4.79 Å². The Labute approximate surface area is 120 Å². The molecule has 20 heavy (non-hydrogen) atoms. The zero-order valence-corrected chi connectivity index (χ0v) is 12.9. The van der Waals surface area contributed by atoms with Gasteiger partial charge in [-0.15, -0.1) is 0 Å². The molecular formula is C14H25N3O3. The Kier molecular flexibility index (Phi) is 4.22. The molecule has 0 saturated carbocycles. The Hall–Kier alpha value is -1.30. The van der Waals surface area contributed by atoms with Gasteiger partial charge in [0.1, 0.15) is 11.4 Å². The zero-order valence-electron chi connectivity index (χ0n) is 12.9. The summed E-state index contributed by atoms with van der Waals surface area (Å²) < 4.78 is 10.8. The third kappa shape index (κ3) is 4.10. The number of nitrogens with zero attached hydrogens (tertiary/aromatic N) is 2. The highest BCUT2D eigenvalue weighted by atomic mass is 16.6. The summed E-state index contributed by atoms with van der Waals surface area (Å²) in [5, 5.41) is 3.42. The first-order valence-electron chi connectivity index (χ1n) is 7.15. The molecule has 114 valence electrons. The predicted molar refractivity (Wildman–Crippen MR) is 77.1 cm³/mol. The molecule has 0 bridgehead atoms. The van der Waals surface area contributed by atoms with E-state index in [2.05, 4.69) is 17.2 Å². The van der Waals surface area contributed by atoms with Crippen molar-refractivity contribution in [1.82, 2.24) is 10.2 Å². The topological polar surface area (TPSA) is 63.2 Å². The smallest absolute Gasteiger partial charge is 0.410 e. The van der Waals surface area contributed by atoms with Gasteiger partial charge in [0.15, 0.2) is 0 Å². The van der Waals surface area contributed by atoms with Gasteiger partial charge in [-0.2, -0.15) is 0 Å². The van der Waals surface area contributed by atoms with E-state index in [1.165, 1.54) is 0 Å². The van der Waals surface area contributed by atoms with Crippen molar-refractivity contribution in [1.29, 1.82) is 0 Å². The maximum absolute atomic E-state index is 12.1. The molecule has 2 aliphatic rings. The average molecular weight is 283 g/mol. The number of amidine groups is 1. The van der Waals surface area contributed by atoms with Crippen LogP contribution in [0.1, 0.15) is 34.1 Å². The number of carbonyl (C=O) groups is 1. The van der Waals surface area contributed by atoms with E-state index in [-0.39, 0.29) is 11.6 Å². The van der Waals surface area contributed by atoms with Crippen LogP contribution in [-0.4, -0.2) is 60.8 Å². The van der Waals surface area contributed by atoms with Crippen LogP contribution in [0.3, 0.4) is 0 Å². The molecule has 0 spiro atoms. The summed E-state index contributed by atoms with van der Waals surface area (Å²) in [5.41, 5.74) is -0.541. The highest BCUT2D eigenvalue weighted by Crippen LogP contribution is 2.18. The molecule has 6 heteroatoms. The molecule has 0 aromatic rings. The summed E-state index contributed by atoms with van der Waals surface area (Å²) in [6, 6.07) is 0. The lowest BCUT2D eigenvalue weighted by molar-refractivity contribution is 0.0275. The second kappa shape index (κ2) is 5.60. The van der Waals surface area contributed by atoms with Crippen molar-refractivity contribution in [2.75, 3.05) is 32.8 Å². The summed E-state index contributed by atoms with van der Waals surface area (Å²) in [6.45, 7) is 10.9. The van der Waals surface area contributed by atoms with Gasteiger partial charge in [0.2, 0.25) is 0 Å². The van der Waals surface area contributed by atoms with Crippen molar-refractivity contribution in [3.05, 3.63) is 0 Å². The summed E-state index contributed by atoms with van der Waals surface area (Å²) >= 11 is 0. The van der Waals surface area contributed by atoms with Crippen LogP contribution in [0, 0.1) is 0 Å². The fourth-order valence-corrected chi connectivity index (χ4v) is 2.29. The van der Waals surface area contributed by atoms with Gasteiger partial charge in [-0.25, -0.2) is 4.79 Å². The van der Waals surface area contributed by atoms with E-state index in [4.69, 9.17) is 9.47 Å². The Morgan fingerprint density at radius 2 is 2.25 bits per heavy atom. The molecule has 2 heterocycles. The Morgan fingerprint density at radius 3 is 2.85 bits per heavy atom. The van der Waals surface area contributed by atoms with Crippen LogP contribution in [0.25, 0.3) is 0 Å². The van der Waals surface area contributed by atoms with Gasteiger partial charge in [-0.1, -0.05) is 0 Å². The molecule has 0 aromatic carbocycles. The van der Waals surface area contributed by atoms with E-state index in [9.17, 15) is 4.79 Å². The van der Waals surface area contributed by atoms with E-state index in [1.54, 1.807) is 4.90 Å². The number of nitrogens with one attached hydrogen (secondary N) is 1. The molecule has 0 aliphatic carbocycles. The minimum Gasteiger partial charge on any atom is -0.444 e. The van der Waals surface area contributed by atoms with Gasteiger partial charge in [0.05, 0.1) is 25.2 Å². The lowest BCUT2D eigenvalue weighted by atomic mass is 10.0. The van der Waals surface area contributed by atoms with Crippen molar-refractivity contribution in [2.45, 2.75) is 45.3 Å². The first-order valence-corrected chi connectivity index (χ1v) is 7.15. The fraction of sp³-hybridized carbons (Fsp3) is 0.857. The number of amides is 1. The van der Waals surface area contributed by atoms with Gasteiger partial charge in [0.25, 0.3) is 0 Å². The van der Waals surface area contributed by atoms with E-state index < -0.39 is 5.60 Å². The first-order chi connectivity index (χ1) is 9.27. The third-order valence-corrected chi connectivity index (χ3v) is 3.33. The first kappa shape index (κ1) is 15.1. The van der Waals surface area contributed by atoms with Crippen molar-refractivity contribution in [2.24, 2.45) is 4.99 Å². The minimum atomic E-state index is -0.468.